The minimum atomic E-state index is -2.68. The third-order valence-corrected chi connectivity index (χ3v) is 4.48. The van der Waals surface area contributed by atoms with Crippen molar-refractivity contribution in [2.45, 2.75) is 32.7 Å². The SMILES string of the molecule is CC1=CN=C(NC=CNC(C)c2cccc(NC(=O)c3cncc(C(F)F)c3)c2)C1. The van der Waals surface area contributed by atoms with Crippen LogP contribution in [0.25, 0.3) is 0 Å². The molecule has 0 bridgehead atoms. The van der Waals surface area contributed by atoms with E-state index in [0.29, 0.717) is 5.69 Å². The van der Waals surface area contributed by atoms with Crippen molar-refractivity contribution < 1.29 is 13.6 Å². The Balaban J connectivity index is 1.57. The Morgan fingerprint density at radius 1 is 1.17 bits per heavy atom. The van der Waals surface area contributed by atoms with Gasteiger partial charge in [0.2, 0.25) is 0 Å². The van der Waals surface area contributed by atoms with Gasteiger partial charge in [-0.1, -0.05) is 12.1 Å². The topological polar surface area (TPSA) is 78.4 Å². The van der Waals surface area contributed by atoms with Gasteiger partial charge in [0, 0.05) is 54.7 Å². The first-order valence-electron chi connectivity index (χ1n) is 9.46. The number of hydrogen-bond donors (Lipinski definition) is 3. The molecule has 1 aromatic carbocycles. The molecule has 1 aliphatic rings. The standard InChI is InChI=1S/C22H23F2N5O/c1-14-8-20(28-11-14)27-7-6-26-15(2)16-4-3-5-19(10-16)29-22(30)18-9-17(21(23)24)12-25-13-18/h3-7,9-13,15,21,26H,8H2,1-2H3,(H,27,28)(H,29,30). The van der Waals surface area contributed by atoms with Crippen LogP contribution >= 0.6 is 0 Å². The lowest BCUT2D eigenvalue weighted by molar-refractivity contribution is 0.102. The third kappa shape index (κ3) is 5.73. The van der Waals surface area contributed by atoms with E-state index in [2.05, 4.69) is 25.9 Å². The second-order valence-electron chi connectivity index (χ2n) is 6.98. The van der Waals surface area contributed by atoms with Gasteiger partial charge in [-0.25, -0.2) is 13.8 Å². The molecule has 0 spiro atoms. The van der Waals surface area contributed by atoms with Crippen LogP contribution in [-0.4, -0.2) is 16.7 Å². The van der Waals surface area contributed by atoms with Crippen LogP contribution in [0.3, 0.4) is 0 Å². The highest BCUT2D eigenvalue weighted by atomic mass is 19.3. The summed E-state index contributed by atoms with van der Waals surface area (Å²) in [7, 11) is 0. The van der Waals surface area contributed by atoms with Crippen molar-refractivity contribution in [3.05, 3.63) is 83.6 Å². The van der Waals surface area contributed by atoms with E-state index in [1.807, 2.05) is 38.2 Å². The highest BCUT2D eigenvalue weighted by Crippen LogP contribution is 2.20. The van der Waals surface area contributed by atoms with Crippen LogP contribution in [0.1, 0.15) is 54.2 Å². The van der Waals surface area contributed by atoms with Gasteiger partial charge < -0.3 is 16.0 Å². The number of benzene rings is 1. The second-order valence-corrected chi connectivity index (χ2v) is 6.98. The van der Waals surface area contributed by atoms with Gasteiger partial charge in [-0.3, -0.25) is 9.78 Å². The molecule has 3 rings (SSSR count). The van der Waals surface area contributed by atoms with E-state index >= 15 is 0 Å². The Morgan fingerprint density at radius 3 is 2.73 bits per heavy atom. The second kappa shape index (κ2) is 9.78. The van der Waals surface area contributed by atoms with Crippen molar-refractivity contribution in [3.63, 3.8) is 0 Å². The number of carbonyl (C=O) groups excluding carboxylic acids is 1. The summed E-state index contributed by atoms with van der Waals surface area (Å²) < 4.78 is 25.6. The number of nitrogens with one attached hydrogen (secondary N) is 3. The predicted octanol–water partition coefficient (Wildman–Crippen LogP) is 4.69. The number of carbonyl (C=O) groups is 1. The van der Waals surface area contributed by atoms with Crippen molar-refractivity contribution in [1.29, 1.82) is 0 Å². The molecule has 1 atom stereocenters. The molecule has 1 aromatic heterocycles. The van der Waals surface area contributed by atoms with Crippen LogP contribution in [-0.2, 0) is 0 Å². The van der Waals surface area contributed by atoms with Crippen LogP contribution in [0.4, 0.5) is 14.5 Å². The zero-order chi connectivity index (χ0) is 21.5. The third-order valence-electron chi connectivity index (χ3n) is 4.48. The molecule has 0 saturated heterocycles. The van der Waals surface area contributed by atoms with Gasteiger partial charge in [0.1, 0.15) is 5.84 Å². The van der Waals surface area contributed by atoms with Crippen molar-refractivity contribution in [1.82, 2.24) is 15.6 Å². The molecule has 0 saturated carbocycles. The minimum Gasteiger partial charge on any atom is -0.383 e. The van der Waals surface area contributed by atoms with Crippen LogP contribution in [0.5, 0.6) is 0 Å². The summed E-state index contributed by atoms with van der Waals surface area (Å²) in [5.41, 5.74) is 2.52. The Bertz CT molecular complexity index is 1000. The lowest BCUT2D eigenvalue weighted by Crippen LogP contribution is -2.18. The van der Waals surface area contributed by atoms with Gasteiger partial charge in [-0.15, -0.1) is 0 Å². The highest BCUT2D eigenvalue weighted by molar-refractivity contribution is 6.04. The largest absolute Gasteiger partial charge is 0.383 e. The molecule has 6 nitrogen and oxygen atoms in total. The van der Waals surface area contributed by atoms with Gasteiger partial charge >= 0.3 is 0 Å². The van der Waals surface area contributed by atoms with E-state index in [1.165, 1.54) is 11.8 Å². The number of halogens is 2. The van der Waals surface area contributed by atoms with Crippen LogP contribution in [0.2, 0.25) is 0 Å². The molecule has 0 aliphatic carbocycles. The smallest absolute Gasteiger partial charge is 0.265 e. The lowest BCUT2D eigenvalue weighted by atomic mass is 10.1. The first kappa shape index (κ1) is 21.2. The summed E-state index contributed by atoms with van der Waals surface area (Å²) in [4.78, 5) is 20.3. The number of anilines is 1. The van der Waals surface area contributed by atoms with E-state index in [-0.39, 0.29) is 17.2 Å². The molecule has 2 aromatic rings. The zero-order valence-corrected chi connectivity index (χ0v) is 16.7. The Hall–Kier alpha value is -3.55. The minimum absolute atomic E-state index is 0.0193. The van der Waals surface area contributed by atoms with Crippen molar-refractivity contribution in [2.75, 3.05) is 5.32 Å². The van der Waals surface area contributed by atoms with Gasteiger partial charge in [0.05, 0.1) is 5.56 Å². The van der Waals surface area contributed by atoms with Crippen molar-refractivity contribution in [3.8, 4) is 0 Å². The molecule has 1 unspecified atom stereocenters. The number of pyridine rings is 1. The number of amidine groups is 1. The Labute approximate surface area is 173 Å². The summed E-state index contributed by atoms with van der Waals surface area (Å²) in [6.45, 7) is 4.01. The van der Waals surface area contributed by atoms with Crippen molar-refractivity contribution in [2.24, 2.45) is 4.99 Å². The first-order valence-corrected chi connectivity index (χ1v) is 9.46. The molecule has 0 radical (unpaired) electrons. The van der Waals surface area contributed by atoms with E-state index in [4.69, 9.17) is 0 Å². The quantitative estimate of drug-likeness (QED) is 0.618. The summed E-state index contributed by atoms with van der Waals surface area (Å²) in [6, 6.07) is 8.44. The maximum atomic E-state index is 12.8. The molecule has 8 heteroatoms. The maximum Gasteiger partial charge on any atom is 0.265 e. The summed E-state index contributed by atoms with van der Waals surface area (Å²) in [6.07, 6.45) is 5.88. The molecule has 30 heavy (non-hydrogen) atoms. The molecule has 1 aliphatic heterocycles. The number of aromatic nitrogens is 1. The normalized spacial score (nSPS) is 14.4. The highest BCUT2D eigenvalue weighted by Gasteiger charge is 2.13. The van der Waals surface area contributed by atoms with E-state index in [0.717, 1.165) is 30.1 Å². The first-order chi connectivity index (χ1) is 14.4. The number of rotatable bonds is 7. The van der Waals surface area contributed by atoms with Gasteiger partial charge in [-0.2, -0.15) is 0 Å². The fourth-order valence-electron chi connectivity index (χ4n) is 2.85. The molecule has 3 N–H and O–H groups in total. The maximum absolute atomic E-state index is 12.8. The summed E-state index contributed by atoms with van der Waals surface area (Å²) >= 11 is 0. The number of aliphatic imine (C=N–C) groups is 1. The molecule has 156 valence electrons. The number of hydrogen-bond acceptors (Lipinski definition) is 5. The summed E-state index contributed by atoms with van der Waals surface area (Å²) in [5.74, 6) is 0.404. The van der Waals surface area contributed by atoms with Crippen molar-refractivity contribution >= 4 is 17.4 Å². The van der Waals surface area contributed by atoms with E-state index in [1.54, 1.807) is 18.5 Å². The fraction of sp³-hybridized carbons (Fsp3) is 0.227. The average molecular weight is 411 g/mol. The number of nitrogens with zero attached hydrogens (tertiary/aromatic N) is 2. The van der Waals surface area contributed by atoms with Crippen LogP contribution < -0.4 is 16.0 Å². The molecular weight excluding hydrogens is 388 g/mol. The van der Waals surface area contributed by atoms with Gasteiger partial charge in [0.15, 0.2) is 0 Å². The molecular formula is C22H23F2N5O. The Kier molecular flexibility index (Phi) is 6.90. The zero-order valence-electron chi connectivity index (χ0n) is 16.7. The number of alkyl halides is 2. The molecule has 2 heterocycles. The van der Waals surface area contributed by atoms with Gasteiger partial charge in [-0.05, 0) is 43.2 Å². The Morgan fingerprint density at radius 2 is 2.00 bits per heavy atom. The molecule has 1 amide bonds. The fourth-order valence-corrected chi connectivity index (χ4v) is 2.85. The van der Waals surface area contributed by atoms with E-state index < -0.39 is 12.3 Å². The monoisotopic (exact) mass is 411 g/mol. The average Bonchev–Trinajstić information content (AvgIpc) is 3.16. The van der Waals surface area contributed by atoms with E-state index in [9.17, 15) is 13.6 Å². The number of amides is 1. The predicted molar refractivity (Wildman–Crippen MR) is 113 cm³/mol. The lowest BCUT2D eigenvalue weighted by Gasteiger charge is -2.14. The van der Waals surface area contributed by atoms with Crippen LogP contribution in [0.15, 0.2) is 71.9 Å². The summed E-state index contributed by atoms with van der Waals surface area (Å²) in [5, 5.41) is 9.10. The van der Waals surface area contributed by atoms with Gasteiger partial charge in [0.25, 0.3) is 12.3 Å². The molecule has 0 fully saturated rings. The van der Waals surface area contributed by atoms with Crippen LogP contribution in [0, 0.1) is 0 Å².